The molecule has 17 heavy (non-hydrogen) atoms. The van der Waals surface area contributed by atoms with Crippen LogP contribution in [-0.2, 0) is 6.54 Å². The Labute approximate surface area is 104 Å². The van der Waals surface area contributed by atoms with E-state index in [1.807, 2.05) is 12.1 Å². The molecule has 0 atom stereocenters. The predicted octanol–water partition coefficient (Wildman–Crippen LogP) is 3.22. The minimum Gasteiger partial charge on any atom is -0.496 e. The van der Waals surface area contributed by atoms with Crippen LogP contribution < -0.4 is 10.1 Å². The molecule has 0 unspecified atom stereocenters. The summed E-state index contributed by atoms with van der Waals surface area (Å²) in [5.41, 5.74) is 2.00. The van der Waals surface area contributed by atoms with Crippen LogP contribution in [0, 0.1) is 10.8 Å². The summed E-state index contributed by atoms with van der Waals surface area (Å²) in [4.78, 5) is 0. The number of rotatable bonds is 4. The molecule has 0 amide bonds. The summed E-state index contributed by atoms with van der Waals surface area (Å²) in [7, 11) is 1.73. The van der Waals surface area contributed by atoms with E-state index in [2.05, 4.69) is 45.1 Å². The summed E-state index contributed by atoms with van der Waals surface area (Å²) >= 11 is 0. The van der Waals surface area contributed by atoms with E-state index < -0.39 is 0 Å². The van der Waals surface area contributed by atoms with Crippen LogP contribution >= 0.6 is 0 Å². The predicted molar refractivity (Wildman–Crippen MR) is 71.2 cm³/mol. The van der Waals surface area contributed by atoms with Gasteiger partial charge in [-0.25, -0.2) is 0 Å². The quantitative estimate of drug-likeness (QED) is 0.862. The fraction of sp³-hybridized carbons (Fsp3) is 0.600. The first-order chi connectivity index (χ1) is 7.91. The summed E-state index contributed by atoms with van der Waals surface area (Å²) in [5.74, 6) is 0.969. The molecule has 1 fully saturated rings. The van der Waals surface area contributed by atoms with Crippen molar-refractivity contribution in [1.29, 1.82) is 0 Å². The zero-order valence-corrected chi connectivity index (χ0v) is 11.5. The molecule has 0 aromatic heterocycles. The van der Waals surface area contributed by atoms with Crippen LogP contribution in [0.4, 0.5) is 0 Å². The normalized spacial score (nSPS) is 21.2. The molecular formula is C15H23NO. The summed E-state index contributed by atoms with van der Waals surface area (Å²) in [5, 5.41) is 3.65. The van der Waals surface area contributed by atoms with Crippen LogP contribution in [-0.4, -0.2) is 13.2 Å². The van der Waals surface area contributed by atoms with Crippen LogP contribution in [0.3, 0.4) is 0 Å². The summed E-state index contributed by atoms with van der Waals surface area (Å²) in [6, 6.07) is 8.78. The first kappa shape index (κ1) is 12.4. The van der Waals surface area contributed by atoms with Crippen LogP contribution in [0.15, 0.2) is 24.3 Å². The van der Waals surface area contributed by atoms with E-state index in [4.69, 9.17) is 4.74 Å². The number of para-hydroxylation sites is 1. The average Bonchev–Trinajstić information content (AvgIpc) is 2.67. The monoisotopic (exact) mass is 233 g/mol. The van der Waals surface area contributed by atoms with Crippen molar-refractivity contribution >= 4 is 0 Å². The number of nitrogens with one attached hydrogen (secondary N) is 1. The molecule has 1 aliphatic rings. The summed E-state index contributed by atoms with van der Waals surface area (Å²) in [6.07, 6.45) is 0. The van der Waals surface area contributed by atoms with Crippen molar-refractivity contribution in [3.63, 3.8) is 0 Å². The van der Waals surface area contributed by atoms with Gasteiger partial charge in [-0.15, -0.1) is 0 Å². The highest BCUT2D eigenvalue weighted by atomic mass is 16.5. The van der Waals surface area contributed by atoms with Gasteiger partial charge in [-0.3, -0.25) is 0 Å². The molecule has 0 bridgehead atoms. The van der Waals surface area contributed by atoms with Gasteiger partial charge in [0.05, 0.1) is 7.11 Å². The Hall–Kier alpha value is -1.02. The van der Waals surface area contributed by atoms with E-state index in [1.54, 1.807) is 7.11 Å². The summed E-state index contributed by atoms with van der Waals surface area (Å²) in [6.45, 7) is 10.2. The maximum Gasteiger partial charge on any atom is 0.123 e. The van der Waals surface area contributed by atoms with Crippen molar-refractivity contribution in [2.75, 3.05) is 7.11 Å². The Morgan fingerprint density at radius 2 is 1.71 bits per heavy atom. The van der Waals surface area contributed by atoms with Crippen molar-refractivity contribution in [1.82, 2.24) is 5.32 Å². The second-order valence-corrected chi connectivity index (χ2v) is 6.07. The van der Waals surface area contributed by atoms with Gasteiger partial charge < -0.3 is 10.1 Å². The van der Waals surface area contributed by atoms with E-state index in [1.165, 1.54) is 5.56 Å². The van der Waals surface area contributed by atoms with Crippen LogP contribution in [0.2, 0.25) is 0 Å². The van der Waals surface area contributed by atoms with Gasteiger partial charge in [-0.05, 0) is 16.9 Å². The van der Waals surface area contributed by atoms with Crippen molar-refractivity contribution in [2.45, 2.75) is 40.3 Å². The number of ether oxygens (including phenoxy) is 1. The summed E-state index contributed by atoms with van der Waals surface area (Å²) < 4.78 is 5.36. The molecule has 0 radical (unpaired) electrons. The topological polar surface area (TPSA) is 21.3 Å². The molecule has 0 aliphatic heterocycles. The molecule has 2 nitrogen and oxygen atoms in total. The van der Waals surface area contributed by atoms with Crippen LogP contribution in [0.25, 0.3) is 0 Å². The standard InChI is InChI=1S/C15H23NO/c1-14(2)13(15(14,3)4)16-10-11-8-6-7-9-12(11)17-5/h6-9,13,16H,10H2,1-5H3. The Kier molecular flexibility index (Phi) is 2.94. The zero-order valence-electron chi connectivity index (χ0n) is 11.5. The van der Waals surface area contributed by atoms with Crippen molar-refractivity contribution in [3.05, 3.63) is 29.8 Å². The molecule has 94 valence electrons. The molecule has 1 aromatic rings. The van der Waals surface area contributed by atoms with Crippen molar-refractivity contribution in [2.24, 2.45) is 10.8 Å². The highest BCUT2D eigenvalue weighted by Gasteiger charge is 2.64. The van der Waals surface area contributed by atoms with Crippen molar-refractivity contribution < 1.29 is 4.74 Å². The van der Waals surface area contributed by atoms with Gasteiger partial charge >= 0.3 is 0 Å². The second-order valence-electron chi connectivity index (χ2n) is 6.07. The van der Waals surface area contributed by atoms with Gasteiger partial charge in [-0.1, -0.05) is 45.9 Å². The number of methoxy groups -OCH3 is 1. The van der Waals surface area contributed by atoms with E-state index in [-0.39, 0.29) is 0 Å². The lowest BCUT2D eigenvalue weighted by Gasteiger charge is -2.10. The molecule has 0 heterocycles. The number of hydrogen-bond acceptors (Lipinski definition) is 2. The highest BCUT2D eigenvalue weighted by molar-refractivity contribution is 5.33. The molecule has 0 saturated heterocycles. The van der Waals surface area contributed by atoms with Gasteiger partial charge in [0.15, 0.2) is 0 Å². The van der Waals surface area contributed by atoms with E-state index in [9.17, 15) is 0 Å². The molecule has 1 saturated carbocycles. The van der Waals surface area contributed by atoms with Gasteiger partial charge in [0.25, 0.3) is 0 Å². The first-order valence-electron chi connectivity index (χ1n) is 6.26. The largest absolute Gasteiger partial charge is 0.496 e. The third-order valence-corrected chi connectivity index (χ3v) is 4.71. The maximum absolute atomic E-state index is 5.36. The first-order valence-corrected chi connectivity index (χ1v) is 6.26. The van der Waals surface area contributed by atoms with E-state index in [0.717, 1.165) is 12.3 Å². The molecular weight excluding hydrogens is 210 g/mol. The molecule has 2 rings (SSSR count). The Balaban J connectivity index is 2.00. The highest BCUT2D eigenvalue weighted by Crippen LogP contribution is 2.62. The zero-order chi connectivity index (χ0) is 12.7. The van der Waals surface area contributed by atoms with Gasteiger partial charge in [0.1, 0.15) is 5.75 Å². The second kappa shape index (κ2) is 4.02. The smallest absolute Gasteiger partial charge is 0.123 e. The Morgan fingerprint density at radius 3 is 2.24 bits per heavy atom. The Morgan fingerprint density at radius 1 is 1.12 bits per heavy atom. The van der Waals surface area contributed by atoms with Gasteiger partial charge in [0.2, 0.25) is 0 Å². The van der Waals surface area contributed by atoms with Crippen LogP contribution in [0.5, 0.6) is 5.75 Å². The SMILES string of the molecule is COc1ccccc1CNC1C(C)(C)C1(C)C. The van der Waals surface area contributed by atoms with Gasteiger partial charge in [0, 0.05) is 18.2 Å². The minimum atomic E-state index is 0.384. The third kappa shape index (κ3) is 1.95. The molecule has 1 aromatic carbocycles. The fourth-order valence-corrected chi connectivity index (χ4v) is 2.77. The van der Waals surface area contributed by atoms with Crippen molar-refractivity contribution in [3.8, 4) is 5.75 Å². The van der Waals surface area contributed by atoms with Gasteiger partial charge in [-0.2, -0.15) is 0 Å². The number of benzene rings is 1. The lowest BCUT2D eigenvalue weighted by Crippen LogP contribution is -2.21. The Bertz CT molecular complexity index is 395. The maximum atomic E-state index is 5.36. The lowest BCUT2D eigenvalue weighted by molar-refractivity contribution is 0.406. The third-order valence-electron chi connectivity index (χ3n) is 4.71. The van der Waals surface area contributed by atoms with E-state index in [0.29, 0.717) is 16.9 Å². The molecule has 0 spiro atoms. The minimum absolute atomic E-state index is 0.384. The molecule has 2 heteroatoms. The lowest BCUT2D eigenvalue weighted by atomic mass is 10.0. The van der Waals surface area contributed by atoms with Crippen LogP contribution in [0.1, 0.15) is 33.3 Å². The van der Waals surface area contributed by atoms with E-state index >= 15 is 0 Å². The number of hydrogen-bond donors (Lipinski definition) is 1. The fourth-order valence-electron chi connectivity index (χ4n) is 2.77. The average molecular weight is 233 g/mol. The molecule has 1 N–H and O–H groups in total. The molecule has 1 aliphatic carbocycles.